The zero-order valence-electron chi connectivity index (χ0n) is 43.6. The van der Waals surface area contributed by atoms with Crippen molar-refractivity contribution in [3.05, 3.63) is 297 Å². The number of hydrogen-bond donors (Lipinski definition) is 0. The van der Waals surface area contributed by atoms with Crippen molar-refractivity contribution in [2.24, 2.45) is 0 Å². The monoisotopic (exact) mass is 1040 g/mol. The van der Waals surface area contributed by atoms with Crippen LogP contribution < -0.4 is 57.3 Å². The van der Waals surface area contributed by atoms with E-state index in [1.165, 1.54) is 53.9 Å². The lowest BCUT2D eigenvalue weighted by Gasteiger charge is -2.47. The molecule has 4 heterocycles. The van der Waals surface area contributed by atoms with Crippen LogP contribution in [0, 0.1) is 0 Å². The highest BCUT2D eigenvalue weighted by molar-refractivity contribution is 8.00. The summed E-state index contributed by atoms with van der Waals surface area (Å²) in [6, 6.07) is 109. The third-order valence-corrected chi connectivity index (χ3v) is 17.5. The first-order valence-corrected chi connectivity index (χ1v) is 28.3. The summed E-state index contributed by atoms with van der Waals surface area (Å²) in [5, 5.41) is 0. The zero-order valence-corrected chi connectivity index (χ0v) is 44.4. The van der Waals surface area contributed by atoms with Gasteiger partial charge in [0.1, 0.15) is 0 Å². The van der Waals surface area contributed by atoms with Gasteiger partial charge in [0.15, 0.2) is 0 Å². The first-order valence-electron chi connectivity index (χ1n) is 27.5. The van der Waals surface area contributed by atoms with E-state index in [0.717, 1.165) is 73.9 Å². The Hall–Kier alpha value is -9.88. The summed E-state index contributed by atoms with van der Waals surface area (Å²) in [7, 11) is 0. The van der Waals surface area contributed by atoms with Crippen molar-refractivity contribution in [2.75, 3.05) is 24.5 Å². The molecule has 0 aromatic heterocycles. The number of nitrogens with zero attached hydrogens (tertiary/aromatic N) is 5. The van der Waals surface area contributed by atoms with Gasteiger partial charge in [-0.15, -0.1) is 0 Å². The normalized spacial score (nSPS) is 13.1. The van der Waals surface area contributed by atoms with Gasteiger partial charge in [-0.2, -0.15) is 0 Å². The Morgan fingerprint density at radius 1 is 0.237 bits per heavy atom. The lowest BCUT2D eigenvalue weighted by Crippen LogP contribution is -2.64. The molecule has 0 radical (unpaired) electrons. The SMILES string of the molecule is c1ccc(N(c2ccccc2)c2cc3c4c(c2)N(c2ccccc2)c2cc5c(cc2B4c2ccccc2S3)B2c3ccccc3N(c3ccccc3)c3cc(N(c4ccccc4)c4ccccc4)cc(c32)N5c2ccccc2)cc1. The van der Waals surface area contributed by atoms with Crippen molar-refractivity contribution in [3.63, 3.8) is 0 Å². The molecule has 374 valence electrons. The fourth-order valence-corrected chi connectivity index (χ4v) is 14.3. The van der Waals surface area contributed by atoms with Crippen LogP contribution in [0.3, 0.4) is 0 Å². The van der Waals surface area contributed by atoms with Crippen LogP contribution in [0.4, 0.5) is 85.3 Å². The van der Waals surface area contributed by atoms with Gasteiger partial charge in [0.2, 0.25) is 6.71 Å². The van der Waals surface area contributed by atoms with E-state index >= 15 is 0 Å². The molecule has 5 nitrogen and oxygen atoms in total. The van der Waals surface area contributed by atoms with Crippen molar-refractivity contribution in [3.8, 4) is 0 Å². The van der Waals surface area contributed by atoms with Gasteiger partial charge >= 0.3 is 0 Å². The first-order chi connectivity index (χ1) is 39.7. The molecule has 0 atom stereocenters. The minimum Gasteiger partial charge on any atom is -0.311 e. The molecule has 12 aromatic carbocycles. The number of hydrogen-bond acceptors (Lipinski definition) is 6. The van der Waals surface area contributed by atoms with Gasteiger partial charge in [-0.25, -0.2) is 0 Å². The maximum Gasteiger partial charge on any atom is 0.252 e. The van der Waals surface area contributed by atoms with Gasteiger partial charge in [-0.05, 0) is 155 Å². The zero-order chi connectivity index (χ0) is 52.7. The van der Waals surface area contributed by atoms with E-state index in [4.69, 9.17) is 0 Å². The Kier molecular flexibility index (Phi) is 10.9. The molecule has 16 rings (SSSR count). The maximum atomic E-state index is 2.62. The molecule has 4 aliphatic heterocycles. The number of para-hydroxylation sites is 8. The van der Waals surface area contributed by atoms with Crippen molar-refractivity contribution in [1.82, 2.24) is 0 Å². The highest BCUT2D eigenvalue weighted by Crippen LogP contribution is 2.51. The molecule has 8 heteroatoms. The Labute approximate surface area is 472 Å². The second-order valence-corrected chi connectivity index (χ2v) is 21.9. The van der Waals surface area contributed by atoms with Crippen LogP contribution in [0.5, 0.6) is 0 Å². The highest BCUT2D eigenvalue weighted by atomic mass is 32.2. The Morgan fingerprint density at radius 3 is 1.05 bits per heavy atom. The highest BCUT2D eigenvalue weighted by Gasteiger charge is 2.48. The summed E-state index contributed by atoms with van der Waals surface area (Å²) in [5.41, 5.74) is 24.6. The van der Waals surface area contributed by atoms with E-state index < -0.39 is 0 Å². The van der Waals surface area contributed by atoms with Gasteiger partial charge in [0, 0.05) is 89.4 Å². The number of rotatable bonds is 9. The summed E-state index contributed by atoms with van der Waals surface area (Å²) in [5.74, 6) is 0. The molecule has 0 bridgehead atoms. The van der Waals surface area contributed by atoms with E-state index in [-0.39, 0.29) is 13.4 Å². The van der Waals surface area contributed by atoms with Crippen LogP contribution in [-0.2, 0) is 0 Å². The maximum absolute atomic E-state index is 2.62. The van der Waals surface area contributed by atoms with E-state index in [0.29, 0.717) is 0 Å². The number of anilines is 15. The molecule has 0 unspecified atom stereocenters. The third-order valence-electron chi connectivity index (χ3n) is 16.4. The van der Waals surface area contributed by atoms with Crippen LogP contribution in [0.15, 0.2) is 307 Å². The average molecular weight is 1040 g/mol. The summed E-state index contributed by atoms with van der Waals surface area (Å²) in [6.07, 6.45) is 0. The smallest absolute Gasteiger partial charge is 0.252 e. The van der Waals surface area contributed by atoms with Gasteiger partial charge < -0.3 is 24.5 Å². The van der Waals surface area contributed by atoms with Crippen LogP contribution in [0.1, 0.15) is 0 Å². The summed E-state index contributed by atoms with van der Waals surface area (Å²) >= 11 is 1.89. The van der Waals surface area contributed by atoms with Gasteiger partial charge in [0.05, 0.1) is 5.69 Å². The van der Waals surface area contributed by atoms with Crippen molar-refractivity contribution in [2.45, 2.75) is 9.79 Å². The molecule has 0 saturated heterocycles. The first kappa shape index (κ1) is 46.2. The van der Waals surface area contributed by atoms with Crippen molar-refractivity contribution >= 4 is 143 Å². The molecule has 80 heavy (non-hydrogen) atoms. The summed E-state index contributed by atoms with van der Waals surface area (Å²) in [4.78, 5) is 15.0. The fraction of sp³-hybridized carbons (Fsp3) is 0. The lowest BCUT2D eigenvalue weighted by molar-refractivity contribution is 1.21. The van der Waals surface area contributed by atoms with Gasteiger partial charge in [-0.3, -0.25) is 0 Å². The average Bonchev–Trinajstić information content (AvgIpc) is 2.75. The van der Waals surface area contributed by atoms with Crippen LogP contribution >= 0.6 is 11.8 Å². The second-order valence-electron chi connectivity index (χ2n) is 20.8. The molecule has 0 aliphatic carbocycles. The van der Waals surface area contributed by atoms with E-state index in [1.54, 1.807) is 0 Å². The minimum absolute atomic E-state index is 0.0490. The van der Waals surface area contributed by atoms with Crippen molar-refractivity contribution < 1.29 is 0 Å². The van der Waals surface area contributed by atoms with Gasteiger partial charge in [0.25, 0.3) is 6.71 Å². The molecule has 0 amide bonds. The standard InChI is InChI=1S/C72H49B2N5S/c1-8-26-50(27-9-1)75(51-28-10-2-11-29-51)57-44-66-71-67(45-57)78(55-36-18-6-19-37-55)64-49-65-62(48-61(64)73(71)59-40-22-24-42-63(59)77(66)54-34-16-5-17-35-54)74-60-41-23-25-43-69(60)80-70-47-58(46-68(72(70)74)79(65)56-38-20-7-21-39-56)76(52-30-12-3-13-31-52)53-32-14-4-15-33-53/h1-49H. The Bertz CT molecular complexity index is 4230. The Morgan fingerprint density at radius 2 is 0.588 bits per heavy atom. The van der Waals surface area contributed by atoms with E-state index in [9.17, 15) is 0 Å². The molecule has 0 N–H and O–H groups in total. The van der Waals surface area contributed by atoms with Crippen LogP contribution in [0.25, 0.3) is 0 Å². The largest absolute Gasteiger partial charge is 0.311 e. The summed E-state index contributed by atoms with van der Waals surface area (Å²) < 4.78 is 0. The lowest BCUT2D eigenvalue weighted by atomic mass is 9.30. The second kappa shape index (κ2) is 18.9. The Balaban J connectivity index is 1.01. The minimum atomic E-state index is -0.112. The number of benzene rings is 12. The van der Waals surface area contributed by atoms with Gasteiger partial charge in [-0.1, -0.05) is 187 Å². The molecule has 0 spiro atoms. The quantitative estimate of drug-likeness (QED) is 0.133. The molecular formula is C72H49B2N5S. The predicted octanol–water partition coefficient (Wildman–Crippen LogP) is 15.5. The molecule has 4 aliphatic rings. The molecular weight excluding hydrogens is 989 g/mol. The topological polar surface area (TPSA) is 16.2 Å². The fourth-order valence-electron chi connectivity index (χ4n) is 13.1. The molecule has 12 aromatic rings. The number of fused-ring (bicyclic) bond motifs is 8. The van der Waals surface area contributed by atoms with Crippen LogP contribution in [0.2, 0.25) is 0 Å². The van der Waals surface area contributed by atoms with Crippen LogP contribution in [-0.4, -0.2) is 13.4 Å². The molecule has 0 fully saturated rings. The van der Waals surface area contributed by atoms with E-state index in [1.807, 2.05) is 11.8 Å². The third kappa shape index (κ3) is 7.37. The molecule has 0 saturated carbocycles. The van der Waals surface area contributed by atoms with E-state index in [2.05, 4.69) is 322 Å². The summed E-state index contributed by atoms with van der Waals surface area (Å²) in [6.45, 7) is -0.161. The predicted molar refractivity (Wildman–Crippen MR) is 340 cm³/mol. The van der Waals surface area contributed by atoms with Crippen molar-refractivity contribution in [1.29, 1.82) is 0 Å².